The van der Waals surface area contributed by atoms with Gasteiger partial charge in [0.05, 0.1) is 6.42 Å². The van der Waals surface area contributed by atoms with Crippen molar-refractivity contribution in [3.63, 3.8) is 0 Å². The Morgan fingerprint density at radius 3 is 2.30 bits per heavy atom. The van der Waals surface area contributed by atoms with Gasteiger partial charge >= 0.3 is 5.97 Å². The number of hydrogen-bond acceptors (Lipinski definition) is 2. The lowest BCUT2D eigenvalue weighted by atomic mass is 10.1. The highest BCUT2D eigenvalue weighted by molar-refractivity contribution is 5.83. The highest BCUT2D eigenvalue weighted by Crippen LogP contribution is 2.15. The molecule has 1 N–H and O–H groups in total. The molecular weight excluding hydrogens is 268 g/mol. The molecule has 6 heteroatoms. The average Bonchev–Trinajstić information content (AvgIpc) is 2.39. The number of rotatable bonds is 6. The fraction of sp³-hybridized carbons (Fsp3) is 0.429. The Balaban J connectivity index is 2.93. The van der Waals surface area contributed by atoms with Crippen LogP contribution in [0, 0.1) is 11.6 Å². The van der Waals surface area contributed by atoms with Gasteiger partial charge in [-0.25, -0.2) is 8.78 Å². The maximum absolute atomic E-state index is 13.5. The van der Waals surface area contributed by atoms with Crippen LogP contribution in [0.4, 0.5) is 8.78 Å². The summed E-state index contributed by atoms with van der Waals surface area (Å²) in [6.07, 6.45) is 0.0644. The van der Waals surface area contributed by atoms with Gasteiger partial charge in [-0.2, -0.15) is 0 Å². The minimum Gasteiger partial charge on any atom is -0.480 e. The van der Waals surface area contributed by atoms with E-state index in [2.05, 4.69) is 0 Å². The molecule has 0 bridgehead atoms. The van der Waals surface area contributed by atoms with E-state index in [9.17, 15) is 18.4 Å². The molecule has 1 aromatic rings. The molecule has 0 aromatic heterocycles. The molecule has 1 amide bonds. The molecule has 0 aliphatic carbocycles. The van der Waals surface area contributed by atoms with Crippen molar-refractivity contribution in [1.29, 1.82) is 0 Å². The van der Waals surface area contributed by atoms with Gasteiger partial charge in [-0.3, -0.25) is 9.59 Å². The normalized spacial score (nSPS) is 12.0. The number of nitrogens with zero attached hydrogens (tertiary/aromatic N) is 1. The summed E-state index contributed by atoms with van der Waals surface area (Å²) in [5.74, 6) is -3.38. The molecule has 4 nitrogen and oxygen atoms in total. The third-order valence-corrected chi connectivity index (χ3v) is 3.14. The van der Waals surface area contributed by atoms with E-state index >= 15 is 0 Å². The Morgan fingerprint density at radius 2 is 1.85 bits per heavy atom. The summed E-state index contributed by atoms with van der Waals surface area (Å²) >= 11 is 0. The van der Waals surface area contributed by atoms with Crippen molar-refractivity contribution >= 4 is 11.9 Å². The van der Waals surface area contributed by atoms with Crippen LogP contribution in [0.5, 0.6) is 0 Å². The van der Waals surface area contributed by atoms with Gasteiger partial charge in [-0.15, -0.1) is 0 Å². The number of amides is 1. The van der Waals surface area contributed by atoms with Crippen molar-refractivity contribution in [1.82, 2.24) is 4.90 Å². The molecule has 0 fully saturated rings. The van der Waals surface area contributed by atoms with Crippen LogP contribution in [0.3, 0.4) is 0 Å². The van der Waals surface area contributed by atoms with Gasteiger partial charge in [0.25, 0.3) is 0 Å². The van der Waals surface area contributed by atoms with Gasteiger partial charge in [0.2, 0.25) is 5.91 Å². The predicted molar refractivity (Wildman–Crippen MR) is 69.2 cm³/mol. The number of carbonyl (C=O) groups excluding carboxylic acids is 1. The van der Waals surface area contributed by atoms with Crippen molar-refractivity contribution in [3.8, 4) is 0 Å². The third kappa shape index (κ3) is 4.01. The molecule has 1 atom stereocenters. The predicted octanol–water partition coefficient (Wildman–Crippen LogP) is 2.22. The zero-order valence-corrected chi connectivity index (χ0v) is 11.4. The number of carboxylic acids is 1. The highest BCUT2D eigenvalue weighted by atomic mass is 19.1. The monoisotopic (exact) mass is 285 g/mol. The highest BCUT2D eigenvalue weighted by Gasteiger charge is 2.23. The maximum Gasteiger partial charge on any atom is 0.323 e. The summed E-state index contributed by atoms with van der Waals surface area (Å²) in [5.41, 5.74) is -0.337. The fourth-order valence-electron chi connectivity index (χ4n) is 1.81. The van der Waals surface area contributed by atoms with E-state index in [0.717, 1.165) is 17.0 Å². The summed E-state index contributed by atoms with van der Waals surface area (Å²) in [6.45, 7) is 3.01. The third-order valence-electron chi connectivity index (χ3n) is 3.14. The smallest absolute Gasteiger partial charge is 0.323 e. The second-order valence-electron chi connectivity index (χ2n) is 4.55. The standard InChI is InChI=1S/C14H17F2NO3/c1-3-9(2)17(8-14(19)20)13(18)7-10-11(15)5-4-6-12(10)16/h4-6,9H,3,7-8H2,1-2H3,(H,19,20). The topological polar surface area (TPSA) is 57.6 Å². The molecule has 0 saturated heterocycles. The summed E-state index contributed by atoms with van der Waals surface area (Å²) < 4.78 is 27.0. The summed E-state index contributed by atoms with van der Waals surface area (Å²) in [7, 11) is 0. The van der Waals surface area contributed by atoms with Crippen LogP contribution in [0.15, 0.2) is 18.2 Å². The molecule has 1 rings (SSSR count). The molecule has 1 aromatic carbocycles. The minimum absolute atomic E-state index is 0.312. The van der Waals surface area contributed by atoms with Crippen LogP contribution in [-0.2, 0) is 16.0 Å². The van der Waals surface area contributed by atoms with Crippen molar-refractivity contribution in [2.75, 3.05) is 6.54 Å². The summed E-state index contributed by atoms with van der Waals surface area (Å²) in [5, 5.41) is 8.81. The Bertz CT molecular complexity index is 485. The Labute approximate surface area is 116 Å². The minimum atomic E-state index is -1.16. The number of halogens is 2. The fourth-order valence-corrected chi connectivity index (χ4v) is 1.81. The van der Waals surface area contributed by atoms with E-state index < -0.39 is 36.5 Å². The number of carbonyl (C=O) groups is 2. The lowest BCUT2D eigenvalue weighted by Crippen LogP contribution is -2.42. The molecule has 20 heavy (non-hydrogen) atoms. The molecule has 1 unspecified atom stereocenters. The first kappa shape index (κ1) is 16.1. The average molecular weight is 285 g/mol. The van der Waals surface area contributed by atoms with E-state index in [-0.39, 0.29) is 11.6 Å². The maximum atomic E-state index is 13.5. The first-order valence-corrected chi connectivity index (χ1v) is 6.31. The van der Waals surface area contributed by atoms with Crippen LogP contribution in [0.25, 0.3) is 0 Å². The van der Waals surface area contributed by atoms with Crippen molar-refractivity contribution in [2.45, 2.75) is 32.7 Å². The van der Waals surface area contributed by atoms with Gasteiger partial charge in [0, 0.05) is 11.6 Å². The van der Waals surface area contributed by atoms with E-state index in [1.54, 1.807) is 13.8 Å². The first-order chi connectivity index (χ1) is 9.36. The van der Waals surface area contributed by atoms with Gasteiger partial charge in [0.15, 0.2) is 0 Å². The van der Waals surface area contributed by atoms with Crippen molar-refractivity contribution in [3.05, 3.63) is 35.4 Å². The molecular formula is C14H17F2NO3. The zero-order chi connectivity index (χ0) is 15.3. The van der Waals surface area contributed by atoms with Gasteiger partial charge in [0.1, 0.15) is 18.2 Å². The van der Waals surface area contributed by atoms with Crippen LogP contribution in [0.1, 0.15) is 25.8 Å². The number of benzene rings is 1. The lowest BCUT2D eigenvalue weighted by molar-refractivity contribution is -0.145. The second-order valence-corrected chi connectivity index (χ2v) is 4.55. The SMILES string of the molecule is CCC(C)N(CC(=O)O)C(=O)Cc1c(F)cccc1F. The van der Waals surface area contributed by atoms with Crippen LogP contribution < -0.4 is 0 Å². The Morgan fingerprint density at radius 1 is 1.30 bits per heavy atom. The van der Waals surface area contributed by atoms with E-state index in [1.165, 1.54) is 6.07 Å². The van der Waals surface area contributed by atoms with Gasteiger partial charge in [-0.1, -0.05) is 13.0 Å². The van der Waals surface area contributed by atoms with Crippen LogP contribution in [-0.4, -0.2) is 34.5 Å². The zero-order valence-electron chi connectivity index (χ0n) is 11.4. The molecule has 0 radical (unpaired) electrons. The number of carboxylic acid groups (broad SMARTS) is 1. The molecule has 0 aliphatic heterocycles. The second kappa shape index (κ2) is 6.98. The first-order valence-electron chi connectivity index (χ1n) is 6.31. The largest absolute Gasteiger partial charge is 0.480 e. The molecule has 0 aliphatic rings. The lowest BCUT2D eigenvalue weighted by Gasteiger charge is -2.27. The summed E-state index contributed by atoms with van der Waals surface area (Å²) in [4.78, 5) is 24.0. The van der Waals surface area contributed by atoms with Crippen molar-refractivity contribution in [2.24, 2.45) is 0 Å². The van der Waals surface area contributed by atoms with Crippen LogP contribution in [0.2, 0.25) is 0 Å². The van der Waals surface area contributed by atoms with Gasteiger partial charge in [-0.05, 0) is 25.5 Å². The van der Waals surface area contributed by atoms with Gasteiger partial charge < -0.3 is 10.0 Å². The molecule has 0 saturated carbocycles. The Kier molecular flexibility index (Phi) is 5.61. The number of aliphatic carboxylic acids is 1. The Hall–Kier alpha value is -1.98. The molecule has 0 heterocycles. The van der Waals surface area contributed by atoms with E-state index in [1.807, 2.05) is 0 Å². The molecule has 110 valence electrons. The van der Waals surface area contributed by atoms with Crippen LogP contribution >= 0.6 is 0 Å². The molecule has 0 spiro atoms. The number of hydrogen-bond donors (Lipinski definition) is 1. The van der Waals surface area contributed by atoms with E-state index in [0.29, 0.717) is 6.42 Å². The van der Waals surface area contributed by atoms with E-state index in [4.69, 9.17) is 5.11 Å². The van der Waals surface area contributed by atoms with Crippen molar-refractivity contribution < 1.29 is 23.5 Å². The summed E-state index contributed by atoms with van der Waals surface area (Å²) in [6, 6.07) is 3.03. The quantitative estimate of drug-likeness (QED) is 0.872.